The van der Waals surface area contributed by atoms with Gasteiger partial charge in [-0.15, -0.1) is 5.11 Å². The van der Waals surface area contributed by atoms with Gasteiger partial charge in [0.1, 0.15) is 0 Å². The number of hydrogen-bond acceptors (Lipinski definition) is 7. The lowest BCUT2D eigenvalue weighted by Gasteiger charge is -2.14. The van der Waals surface area contributed by atoms with E-state index in [1.807, 2.05) is 6.07 Å². The molecule has 7 nitrogen and oxygen atoms in total. The van der Waals surface area contributed by atoms with Crippen LogP contribution in [0.5, 0.6) is 0 Å². The van der Waals surface area contributed by atoms with Crippen molar-refractivity contribution in [1.82, 2.24) is 0 Å². The number of amidine groups is 1. The number of azo groups is 1. The number of fused-ring (bicyclic) bond motifs is 1. The second-order valence-electron chi connectivity index (χ2n) is 6.16. The molecule has 0 radical (unpaired) electrons. The van der Waals surface area contributed by atoms with Gasteiger partial charge in [-0.2, -0.15) is 5.11 Å². The molecule has 2 aliphatic heterocycles. The first-order valence-corrected chi connectivity index (χ1v) is 10.3. The van der Waals surface area contributed by atoms with Gasteiger partial charge in [0.05, 0.1) is 29.1 Å². The molecule has 27 heavy (non-hydrogen) atoms. The molecule has 0 fully saturated rings. The number of sulfone groups is 1. The minimum Gasteiger partial charge on any atom is -0.484 e. The van der Waals surface area contributed by atoms with Crippen molar-refractivity contribution in [3.05, 3.63) is 46.5 Å². The van der Waals surface area contributed by atoms with Crippen LogP contribution in [0.3, 0.4) is 0 Å². The van der Waals surface area contributed by atoms with Crippen molar-refractivity contribution in [2.45, 2.75) is 11.3 Å². The topological polar surface area (TPSA) is 92.8 Å². The number of halogens is 1. The average molecular weight is 403 g/mol. The van der Waals surface area contributed by atoms with E-state index in [0.717, 1.165) is 17.5 Å². The quantitative estimate of drug-likeness (QED) is 0.781. The van der Waals surface area contributed by atoms with Gasteiger partial charge in [0.2, 0.25) is 0 Å². The SMILES string of the molecule is COC1=Nc2cc(Cl)c(-c3cccc(S(C)(=O)=O)c3C3=NCN=N3)cc2C1. The smallest absolute Gasteiger partial charge is 0.192 e. The number of nitrogens with zero attached hydrogens (tertiary/aromatic N) is 4. The van der Waals surface area contributed by atoms with E-state index in [4.69, 9.17) is 16.3 Å². The van der Waals surface area contributed by atoms with Crippen molar-refractivity contribution in [2.75, 3.05) is 20.0 Å². The Morgan fingerprint density at radius 3 is 2.67 bits per heavy atom. The number of benzene rings is 2. The van der Waals surface area contributed by atoms with Crippen LogP contribution in [-0.4, -0.2) is 40.2 Å². The summed E-state index contributed by atoms with van der Waals surface area (Å²) in [4.78, 5) is 8.75. The van der Waals surface area contributed by atoms with Crippen molar-refractivity contribution in [2.24, 2.45) is 20.2 Å². The summed E-state index contributed by atoms with van der Waals surface area (Å²) >= 11 is 6.53. The van der Waals surface area contributed by atoms with Gasteiger partial charge < -0.3 is 4.74 Å². The van der Waals surface area contributed by atoms with E-state index < -0.39 is 9.84 Å². The van der Waals surface area contributed by atoms with Gasteiger partial charge in [0.25, 0.3) is 0 Å². The second-order valence-corrected chi connectivity index (χ2v) is 8.55. The first-order chi connectivity index (χ1) is 12.9. The molecule has 2 aromatic rings. The summed E-state index contributed by atoms with van der Waals surface area (Å²) in [7, 11) is -1.93. The monoisotopic (exact) mass is 402 g/mol. The summed E-state index contributed by atoms with van der Waals surface area (Å²) in [5.41, 5.74) is 3.44. The predicted octanol–water partition coefficient (Wildman–Crippen LogP) is 3.81. The highest BCUT2D eigenvalue weighted by Crippen LogP contribution is 2.40. The third kappa shape index (κ3) is 3.15. The Kier molecular flexibility index (Phi) is 4.32. The number of hydrogen-bond donors (Lipinski definition) is 0. The maximum absolute atomic E-state index is 12.4. The van der Waals surface area contributed by atoms with Gasteiger partial charge >= 0.3 is 0 Å². The van der Waals surface area contributed by atoms with Crippen molar-refractivity contribution in [3.63, 3.8) is 0 Å². The summed E-state index contributed by atoms with van der Waals surface area (Å²) in [6.07, 6.45) is 1.71. The van der Waals surface area contributed by atoms with Crippen molar-refractivity contribution in [3.8, 4) is 11.1 Å². The highest BCUT2D eigenvalue weighted by atomic mass is 35.5. The lowest BCUT2D eigenvalue weighted by molar-refractivity contribution is 0.396. The molecule has 0 unspecified atom stereocenters. The van der Waals surface area contributed by atoms with Crippen LogP contribution in [0.15, 0.2) is 55.4 Å². The van der Waals surface area contributed by atoms with E-state index in [1.54, 1.807) is 25.3 Å². The van der Waals surface area contributed by atoms with Gasteiger partial charge in [-0.3, -0.25) is 0 Å². The third-order valence-electron chi connectivity index (χ3n) is 4.38. The average Bonchev–Trinajstić information content (AvgIpc) is 3.28. The molecule has 0 saturated heterocycles. The van der Waals surface area contributed by atoms with Gasteiger partial charge in [0.15, 0.2) is 28.2 Å². The van der Waals surface area contributed by atoms with Crippen LogP contribution in [0.4, 0.5) is 5.69 Å². The van der Waals surface area contributed by atoms with Gasteiger partial charge in [-0.25, -0.2) is 18.4 Å². The molecule has 9 heteroatoms. The largest absolute Gasteiger partial charge is 0.484 e. The van der Waals surface area contributed by atoms with E-state index in [1.165, 1.54) is 6.07 Å². The van der Waals surface area contributed by atoms with Crippen LogP contribution < -0.4 is 0 Å². The van der Waals surface area contributed by atoms with E-state index in [-0.39, 0.29) is 17.4 Å². The van der Waals surface area contributed by atoms with Crippen LogP contribution in [0.1, 0.15) is 11.1 Å². The molecular formula is C18H15ClN4O3S. The van der Waals surface area contributed by atoms with Crippen LogP contribution in [0, 0.1) is 0 Å². The molecule has 0 aromatic heterocycles. The standard InChI is InChI=1S/C18H15ClN4O3S/c1-26-16-7-10-6-12(13(19)8-14(10)22-16)11-4-3-5-15(27(2,24)25)17(11)18-20-9-21-23-18/h3-6,8H,7,9H2,1-2H3. The van der Waals surface area contributed by atoms with Gasteiger partial charge in [-0.1, -0.05) is 23.7 Å². The summed E-state index contributed by atoms with van der Waals surface area (Å²) < 4.78 is 29.9. The molecule has 0 aliphatic carbocycles. The Labute approximate surface area is 161 Å². The zero-order valence-corrected chi connectivity index (χ0v) is 16.2. The number of ether oxygens (including phenoxy) is 1. The van der Waals surface area contributed by atoms with E-state index in [9.17, 15) is 8.42 Å². The molecule has 0 spiro atoms. The molecule has 4 rings (SSSR count). The van der Waals surface area contributed by atoms with Crippen LogP contribution in [0.2, 0.25) is 5.02 Å². The number of methoxy groups -OCH3 is 1. The third-order valence-corrected chi connectivity index (χ3v) is 5.83. The first-order valence-electron chi connectivity index (χ1n) is 8.08. The summed E-state index contributed by atoms with van der Waals surface area (Å²) in [5, 5.41) is 8.33. The molecule has 0 N–H and O–H groups in total. The van der Waals surface area contributed by atoms with Crippen LogP contribution in [0.25, 0.3) is 11.1 Å². The number of rotatable bonds is 3. The Bertz CT molecular complexity index is 1150. The fourth-order valence-corrected chi connectivity index (χ4v) is 4.32. The fourth-order valence-electron chi connectivity index (χ4n) is 3.17. The fraction of sp³-hybridized carbons (Fsp3) is 0.222. The maximum atomic E-state index is 12.4. The highest BCUT2D eigenvalue weighted by Gasteiger charge is 2.25. The second kappa shape index (κ2) is 6.54. The van der Waals surface area contributed by atoms with Crippen molar-refractivity contribution >= 4 is 38.9 Å². The molecule has 0 saturated carbocycles. The summed E-state index contributed by atoms with van der Waals surface area (Å²) in [6.45, 7) is 0.176. The minimum absolute atomic E-state index is 0.144. The Hall–Kier alpha value is -2.58. The van der Waals surface area contributed by atoms with E-state index >= 15 is 0 Å². The number of aliphatic imine (C=N–C) groups is 2. The highest BCUT2D eigenvalue weighted by molar-refractivity contribution is 7.90. The lowest BCUT2D eigenvalue weighted by atomic mass is 9.96. The van der Waals surface area contributed by atoms with Crippen molar-refractivity contribution < 1.29 is 13.2 Å². The molecule has 2 aromatic carbocycles. The molecule has 0 atom stereocenters. The molecular weight excluding hydrogens is 388 g/mol. The summed E-state index contributed by atoms with van der Waals surface area (Å²) in [5.74, 6) is 0.897. The first kappa shape index (κ1) is 17.8. The zero-order chi connectivity index (χ0) is 19.2. The van der Waals surface area contributed by atoms with Gasteiger partial charge in [0, 0.05) is 17.4 Å². The Balaban J connectivity index is 1.96. The minimum atomic E-state index is -3.51. The summed E-state index contributed by atoms with van der Waals surface area (Å²) in [6, 6.07) is 8.69. The molecule has 2 heterocycles. The van der Waals surface area contributed by atoms with Gasteiger partial charge in [-0.05, 0) is 29.3 Å². The van der Waals surface area contributed by atoms with Crippen molar-refractivity contribution in [1.29, 1.82) is 0 Å². The molecule has 0 amide bonds. The normalized spacial score (nSPS) is 15.5. The lowest BCUT2D eigenvalue weighted by Crippen LogP contribution is -2.09. The van der Waals surface area contributed by atoms with Crippen LogP contribution in [-0.2, 0) is 21.0 Å². The van der Waals surface area contributed by atoms with E-state index in [2.05, 4.69) is 20.2 Å². The molecule has 2 aliphatic rings. The molecule has 138 valence electrons. The van der Waals surface area contributed by atoms with E-state index in [0.29, 0.717) is 34.0 Å². The Morgan fingerprint density at radius 1 is 1.19 bits per heavy atom. The molecule has 0 bridgehead atoms. The zero-order valence-electron chi connectivity index (χ0n) is 14.6. The Morgan fingerprint density at radius 2 is 2.00 bits per heavy atom. The maximum Gasteiger partial charge on any atom is 0.192 e. The predicted molar refractivity (Wildman–Crippen MR) is 104 cm³/mol. The van der Waals surface area contributed by atoms with Crippen LogP contribution >= 0.6 is 11.6 Å².